The van der Waals surface area contributed by atoms with E-state index in [4.69, 9.17) is 0 Å². The van der Waals surface area contributed by atoms with Gasteiger partial charge in [0.2, 0.25) is 11.7 Å². The van der Waals surface area contributed by atoms with Crippen molar-refractivity contribution in [1.29, 1.82) is 0 Å². The molecule has 25 heavy (non-hydrogen) atoms. The van der Waals surface area contributed by atoms with Crippen molar-refractivity contribution in [3.63, 3.8) is 0 Å². The molecule has 3 nitrogen and oxygen atoms in total. The summed E-state index contributed by atoms with van der Waals surface area (Å²) in [5, 5.41) is 3.14. The van der Waals surface area contributed by atoms with Gasteiger partial charge in [0.05, 0.1) is 17.5 Å². The molecule has 0 aliphatic rings. The minimum Gasteiger partial charge on any atom is -0.272 e. The van der Waals surface area contributed by atoms with Crippen LogP contribution in [0.5, 0.6) is 0 Å². The van der Waals surface area contributed by atoms with Gasteiger partial charge in [-0.3, -0.25) is 4.79 Å². The van der Waals surface area contributed by atoms with Gasteiger partial charge in [0.15, 0.2) is 23.3 Å². The number of nitrogens with zero attached hydrogens (tertiary/aromatic N) is 1. The molecule has 2 aromatic carbocycles. The predicted molar refractivity (Wildman–Crippen MR) is 79.1 cm³/mol. The normalized spacial score (nSPS) is 11.1. The lowest BCUT2D eigenvalue weighted by atomic mass is 10.2. The Morgan fingerprint density at radius 3 is 2.12 bits per heavy atom. The van der Waals surface area contributed by atoms with Crippen molar-refractivity contribution in [3.05, 3.63) is 64.7 Å². The highest BCUT2D eigenvalue weighted by Crippen LogP contribution is 2.22. The lowest BCUT2D eigenvalue weighted by Crippen LogP contribution is -2.20. The first-order chi connectivity index (χ1) is 11.8. The van der Waals surface area contributed by atoms with Gasteiger partial charge in [-0.15, -0.1) is 11.8 Å². The summed E-state index contributed by atoms with van der Waals surface area (Å²) in [6.45, 7) is 0. The van der Waals surface area contributed by atoms with Crippen molar-refractivity contribution in [2.45, 2.75) is 4.90 Å². The zero-order valence-electron chi connectivity index (χ0n) is 12.1. The Balaban J connectivity index is 2.02. The molecule has 0 aliphatic carbocycles. The number of amides is 1. The average molecular weight is 378 g/mol. The number of nitrogens with one attached hydrogen (secondary N) is 1. The molecular formula is C15H8F6N2OS. The van der Waals surface area contributed by atoms with E-state index in [2.05, 4.69) is 5.10 Å². The Bertz CT molecular complexity index is 814. The quantitative estimate of drug-likeness (QED) is 0.215. The fraction of sp³-hybridized carbons (Fsp3) is 0.0667. The standard InChI is InChI=1S/C15H8F6N2OS/c16-8-3-1-2-4-9(8)25-6-10(24)23-22-5-7-11(17)13(19)15(21)14(20)12(7)18/h1-5H,6H2,(H,23,24)/b22-5-. The van der Waals surface area contributed by atoms with Crippen LogP contribution in [0.4, 0.5) is 26.3 Å². The third-order valence-electron chi connectivity index (χ3n) is 2.82. The fourth-order valence-electron chi connectivity index (χ4n) is 1.64. The Kier molecular flexibility index (Phi) is 6.07. The Morgan fingerprint density at radius 1 is 0.960 bits per heavy atom. The van der Waals surface area contributed by atoms with Crippen LogP contribution in [0.15, 0.2) is 34.3 Å². The molecule has 0 fully saturated rings. The van der Waals surface area contributed by atoms with Gasteiger partial charge in [0, 0.05) is 4.90 Å². The highest BCUT2D eigenvalue weighted by molar-refractivity contribution is 8.00. The maximum Gasteiger partial charge on any atom is 0.250 e. The van der Waals surface area contributed by atoms with Crippen LogP contribution in [0, 0.1) is 34.9 Å². The van der Waals surface area contributed by atoms with Gasteiger partial charge >= 0.3 is 0 Å². The van der Waals surface area contributed by atoms with Gasteiger partial charge in [-0.25, -0.2) is 31.8 Å². The summed E-state index contributed by atoms with van der Waals surface area (Å²) in [6.07, 6.45) is 0.294. The van der Waals surface area contributed by atoms with Crippen LogP contribution >= 0.6 is 11.8 Å². The van der Waals surface area contributed by atoms with E-state index in [0.717, 1.165) is 11.8 Å². The Labute approximate surface area is 141 Å². The Hall–Kier alpha value is -2.49. The summed E-state index contributed by atoms with van der Waals surface area (Å²) in [6, 6.07) is 5.66. The van der Waals surface area contributed by atoms with Gasteiger partial charge in [-0.2, -0.15) is 5.10 Å². The molecule has 2 aromatic rings. The number of halogens is 6. The number of benzene rings is 2. The largest absolute Gasteiger partial charge is 0.272 e. The number of carbonyl (C=O) groups is 1. The van der Waals surface area contributed by atoms with Crippen molar-refractivity contribution in [2.24, 2.45) is 5.10 Å². The second kappa shape index (κ2) is 8.06. The molecule has 10 heteroatoms. The third-order valence-corrected chi connectivity index (χ3v) is 3.87. The van der Waals surface area contributed by atoms with Crippen molar-refractivity contribution in [3.8, 4) is 0 Å². The molecule has 132 valence electrons. The maximum atomic E-state index is 13.4. The number of hydrogen-bond acceptors (Lipinski definition) is 3. The highest BCUT2D eigenvalue weighted by atomic mass is 32.2. The molecule has 0 bridgehead atoms. The average Bonchev–Trinajstić information content (AvgIpc) is 2.60. The van der Waals surface area contributed by atoms with E-state index in [1.54, 1.807) is 6.07 Å². The minimum atomic E-state index is -2.29. The zero-order valence-corrected chi connectivity index (χ0v) is 12.9. The number of hydrazone groups is 1. The van der Waals surface area contributed by atoms with E-state index >= 15 is 0 Å². The molecule has 0 radical (unpaired) electrons. The van der Waals surface area contributed by atoms with E-state index in [-0.39, 0.29) is 10.6 Å². The predicted octanol–water partition coefficient (Wildman–Crippen LogP) is 3.76. The molecule has 0 unspecified atom stereocenters. The topological polar surface area (TPSA) is 41.5 Å². The summed E-state index contributed by atoms with van der Waals surface area (Å²) in [5.41, 5.74) is 0.551. The minimum absolute atomic E-state index is 0.196. The second-order valence-corrected chi connectivity index (χ2v) is 5.51. The lowest BCUT2D eigenvalue weighted by Gasteiger charge is -2.04. The SMILES string of the molecule is O=C(CSc1ccccc1F)N/N=C\c1c(F)c(F)c(F)c(F)c1F. The maximum absolute atomic E-state index is 13.4. The first kappa shape index (κ1) is 18.8. The number of thioether (sulfide) groups is 1. The van der Waals surface area contributed by atoms with E-state index in [0.29, 0.717) is 6.21 Å². The monoisotopic (exact) mass is 378 g/mol. The van der Waals surface area contributed by atoms with Crippen LogP contribution in [0.2, 0.25) is 0 Å². The van der Waals surface area contributed by atoms with Gasteiger partial charge in [-0.1, -0.05) is 12.1 Å². The van der Waals surface area contributed by atoms with E-state index < -0.39 is 46.4 Å². The second-order valence-electron chi connectivity index (χ2n) is 4.50. The van der Waals surface area contributed by atoms with Crippen LogP contribution in [0.1, 0.15) is 5.56 Å². The highest BCUT2D eigenvalue weighted by Gasteiger charge is 2.24. The number of carbonyl (C=O) groups excluding carboxylic acids is 1. The van der Waals surface area contributed by atoms with E-state index in [9.17, 15) is 31.1 Å². The van der Waals surface area contributed by atoms with Gasteiger partial charge in [-0.05, 0) is 12.1 Å². The first-order valence-corrected chi connectivity index (χ1v) is 7.52. The number of rotatable bonds is 5. The molecule has 0 saturated heterocycles. The lowest BCUT2D eigenvalue weighted by molar-refractivity contribution is -0.118. The molecule has 2 rings (SSSR count). The van der Waals surface area contributed by atoms with E-state index in [1.165, 1.54) is 18.2 Å². The van der Waals surface area contributed by atoms with Crippen molar-refractivity contribution < 1.29 is 31.1 Å². The molecular weight excluding hydrogens is 370 g/mol. The molecule has 0 heterocycles. The molecule has 0 aliphatic heterocycles. The molecule has 1 amide bonds. The Morgan fingerprint density at radius 2 is 1.52 bits per heavy atom. The van der Waals surface area contributed by atoms with E-state index in [1.807, 2.05) is 5.43 Å². The van der Waals surface area contributed by atoms with Crippen LogP contribution in [0.3, 0.4) is 0 Å². The number of hydrogen-bond donors (Lipinski definition) is 1. The zero-order chi connectivity index (χ0) is 18.6. The van der Waals surface area contributed by atoms with Gasteiger partial charge in [0.1, 0.15) is 5.82 Å². The molecule has 0 atom stereocenters. The van der Waals surface area contributed by atoms with Crippen LogP contribution in [0.25, 0.3) is 0 Å². The molecule has 1 N–H and O–H groups in total. The molecule has 0 aromatic heterocycles. The van der Waals surface area contributed by atoms with Crippen LogP contribution < -0.4 is 5.43 Å². The van der Waals surface area contributed by atoms with Crippen molar-refractivity contribution >= 4 is 23.9 Å². The van der Waals surface area contributed by atoms with Gasteiger partial charge < -0.3 is 0 Å². The smallest absolute Gasteiger partial charge is 0.250 e. The summed E-state index contributed by atoms with van der Waals surface area (Å²) in [5.74, 6) is -12.3. The molecule has 0 spiro atoms. The summed E-state index contributed by atoms with van der Waals surface area (Å²) < 4.78 is 78.9. The van der Waals surface area contributed by atoms with Crippen molar-refractivity contribution in [2.75, 3.05) is 5.75 Å². The summed E-state index contributed by atoms with van der Waals surface area (Å²) in [4.78, 5) is 11.7. The molecule has 0 saturated carbocycles. The summed E-state index contributed by atoms with van der Waals surface area (Å²) >= 11 is 0.836. The third kappa shape index (κ3) is 4.32. The van der Waals surface area contributed by atoms with Crippen LogP contribution in [-0.2, 0) is 4.79 Å². The van der Waals surface area contributed by atoms with Gasteiger partial charge in [0.25, 0.3) is 0 Å². The first-order valence-electron chi connectivity index (χ1n) is 6.53. The van der Waals surface area contributed by atoms with Crippen LogP contribution in [-0.4, -0.2) is 17.9 Å². The van der Waals surface area contributed by atoms with Crippen molar-refractivity contribution in [1.82, 2.24) is 5.43 Å². The summed E-state index contributed by atoms with van der Waals surface area (Å²) in [7, 11) is 0. The fourth-order valence-corrected chi connectivity index (χ4v) is 2.37.